The number of carbonyl (C=O) groups excluding carboxylic acids is 1. The van der Waals surface area contributed by atoms with Crippen LogP contribution in [0.2, 0.25) is 0 Å². The molecule has 2 aromatic rings. The average Bonchev–Trinajstić information content (AvgIpc) is 2.81. The molecule has 2 rings (SSSR count). The molecular formula is C14H14N2O4S. The Morgan fingerprint density at radius 1 is 1.29 bits per heavy atom. The lowest BCUT2D eigenvalue weighted by Crippen LogP contribution is -2.27. The Hall–Kier alpha value is -2.41. The molecule has 2 N–H and O–H groups in total. The molecule has 0 fully saturated rings. The van der Waals surface area contributed by atoms with Gasteiger partial charge in [0.25, 0.3) is 5.91 Å². The van der Waals surface area contributed by atoms with E-state index in [9.17, 15) is 19.8 Å². The molecule has 0 atom stereocenters. The third-order valence-corrected chi connectivity index (χ3v) is 4.07. The molecule has 0 aliphatic carbocycles. The van der Waals surface area contributed by atoms with E-state index in [0.29, 0.717) is 5.69 Å². The van der Waals surface area contributed by atoms with E-state index in [1.807, 2.05) is 0 Å². The summed E-state index contributed by atoms with van der Waals surface area (Å²) < 4.78 is 3.98. The first kappa shape index (κ1) is 15.0. The summed E-state index contributed by atoms with van der Waals surface area (Å²) in [6.45, 7) is 3.38. The number of rotatable bonds is 3. The monoisotopic (exact) mass is 306 g/mol. The van der Waals surface area contributed by atoms with Gasteiger partial charge in [-0.05, 0) is 37.5 Å². The number of aryl methyl sites for hydroxylation is 2. The Balaban J connectivity index is 2.45. The molecule has 0 radical (unpaired) electrons. The van der Waals surface area contributed by atoms with Crippen molar-refractivity contribution in [1.82, 2.24) is 4.37 Å². The molecule has 1 aromatic heterocycles. The quantitative estimate of drug-likeness (QED) is 0.909. The van der Waals surface area contributed by atoms with Crippen LogP contribution in [0.1, 0.15) is 32.0 Å². The second kappa shape index (κ2) is 5.53. The largest absolute Gasteiger partial charge is 0.507 e. The maximum atomic E-state index is 12.5. The number of hydrogen-bond acceptors (Lipinski definition) is 5. The van der Waals surface area contributed by atoms with Gasteiger partial charge in [-0.25, -0.2) is 4.79 Å². The summed E-state index contributed by atoms with van der Waals surface area (Å²) in [6, 6.07) is 4.68. The van der Waals surface area contributed by atoms with E-state index >= 15 is 0 Å². The molecule has 1 amide bonds. The maximum absolute atomic E-state index is 12.5. The van der Waals surface area contributed by atoms with Crippen molar-refractivity contribution < 1.29 is 19.8 Å². The minimum atomic E-state index is -1.13. The van der Waals surface area contributed by atoms with E-state index in [0.717, 1.165) is 17.1 Å². The van der Waals surface area contributed by atoms with Crippen molar-refractivity contribution in [3.8, 4) is 5.75 Å². The molecule has 0 aliphatic rings. The molecule has 0 aliphatic heterocycles. The van der Waals surface area contributed by atoms with Crippen molar-refractivity contribution in [2.75, 3.05) is 11.9 Å². The van der Waals surface area contributed by atoms with Crippen LogP contribution in [0.4, 0.5) is 5.00 Å². The van der Waals surface area contributed by atoms with Gasteiger partial charge >= 0.3 is 5.97 Å². The molecule has 6 nitrogen and oxygen atoms in total. The van der Waals surface area contributed by atoms with Gasteiger partial charge in [-0.1, -0.05) is 11.6 Å². The SMILES string of the molecule is Cc1ccc(O)c(C(=O)N(C)c2snc(C)c2C(=O)O)c1. The number of anilines is 1. The number of carbonyl (C=O) groups is 2. The predicted molar refractivity (Wildman–Crippen MR) is 79.4 cm³/mol. The molecule has 7 heteroatoms. The number of aromatic hydroxyl groups is 1. The number of amides is 1. The minimum absolute atomic E-state index is 0.00277. The number of carboxylic acid groups (broad SMARTS) is 1. The first-order chi connectivity index (χ1) is 9.82. The van der Waals surface area contributed by atoms with Crippen LogP contribution in [-0.4, -0.2) is 33.5 Å². The van der Waals surface area contributed by atoms with Crippen LogP contribution in [-0.2, 0) is 0 Å². The Morgan fingerprint density at radius 3 is 2.57 bits per heavy atom. The Kier molecular flexibility index (Phi) is 3.95. The second-order valence-electron chi connectivity index (χ2n) is 4.64. The number of carboxylic acids is 1. The van der Waals surface area contributed by atoms with Crippen LogP contribution >= 0.6 is 11.5 Å². The van der Waals surface area contributed by atoms with Crippen molar-refractivity contribution >= 4 is 28.4 Å². The fourth-order valence-electron chi connectivity index (χ4n) is 1.93. The number of benzene rings is 1. The molecular weight excluding hydrogens is 292 g/mol. The number of phenolic OH excluding ortho intramolecular Hbond substituents is 1. The zero-order valence-electron chi connectivity index (χ0n) is 11.7. The van der Waals surface area contributed by atoms with E-state index < -0.39 is 11.9 Å². The first-order valence-corrected chi connectivity index (χ1v) is 6.87. The Labute approximate surface area is 125 Å². The Bertz CT molecular complexity index is 724. The third kappa shape index (κ3) is 2.73. The highest BCUT2D eigenvalue weighted by Gasteiger charge is 2.25. The number of hydrogen-bond donors (Lipinski definition) is 2. The molecule has 1 heterocycles. The lowest BCUT2D eigenvalue weighted by atomic mass is 10.1. The summed E-state index contributed by atoms with van der Waals surface area (Å²) in [5, 5.41) is 19.3. The normalized spacial score (nSPS) is 10.4. The van der Waals surface area contributed by atoms with Gasteiger partial charge in [0, 0.05) is 7.05 Å². The predicted octanol–water partition coefficient (Wildman–Crippen LogP) is 2.44. The topological polar surface area (TPSA) is 90.7 Å². The second-order valence-corrected chi connectivity index (χ2v) is 5.39. The highest BCUT2D eigenvalue weighted by molar-refractivity contribution is 7.11. The number of phenols is 1. The Morgan fingerprint density at radius 2 is 1.95 bits per heavy atom. The van der Waals surface area contributed by atoms with Gasteiger partial charge in [-0.2, -0.15) is 4.37 Å². The van der Waals surface area contributed by atoms with Crippen molar-refractivity contribution in [3.63, 3.8) is 0 Å². The highest BCUT2D eigenvalue weighted by atomic mass is 32.1. The number of nitrogens with zero attached hydrogens (tertiary/aromatic N) is 2. The first-order valence-electron chi connectivity index (χ1n) is 6.10. The number of aromatic carboxylic acids is 1. The maximum Gasteiger partial charge on any atom is 0.340 e. The zero-order valence-corrected chi connectivity index (χ0v) is 12.6. The summed E-state index contributed by atoms with van der Waals surface area (Å²) in [5.74, 6) is -1.76. The summed E-state index contributed by atoms with van der Waals surface area (Å²) in [7, 11) is 1.46. The minimum Gasteiger partial charge on any atom is -0.507 e. The van der Waals surface area contributed by atoms with Gasteiger partial charge in [0.2, 0.25) is 0 Å². The van der Waals surface area contributed by atoms with Crippen molar-refractivity contribution in [1.29, 1.82) is 0 Å². The third-order valence-electron chi connectivity index (χ3n) is 3.05. The summed E-state index contributed by atoms with van der Waals surface area (Å²) in [4.78, 5) is 24.9. The van der Waals surface area contributed by atoms with Gasteiger partial charge in [-0.15, -0.1) is 0 Å². The van der Waals surface area contributed by atoms with E-state index in [4.69, 9.17) is 0 Å². The van der Waals surface area contributed by atoms with Gasteiger partial charge in [0.05, 0.1) is 11.3 Å². The van der Waals surface area contributed by atoms with E-state index in [2.05, 4.69) is 4.37 Å². The van der Waals surface area contributed by atoms with Crippen molar-refractivity contribution in [2.45, 2.75) is 13.8 Å². The van der Waals surface area contributed by atoms with Crippen LogP contribution in [0.5, 0.6) is 5.75 Å². The van der Waals surface area contributed by atoms with Gasteiger partial charge < -0.3 is 15.1 Å². The van der Waals surface area contributed by atoms with Gasteiger partial charge in [-0.3, -0.25) is 4.79 Å². The van der Waals surface area contributed by atoms with Crippen LogP contribution < -0.4 is 4.90 Å². The average molecular weight is 306 g/mol. The molecule has 0 spiro atoms. The standard InChI is InChI=1S/C14H14N2O4S/c1-7-4-5-10(17)9(6-7)12(18)16(3)13-11(14(19)20)8(2)15-21-13/h4-6,17H,1-3H3,(H,19,20). The molecule has 0 saturated heterocycles. The molecule has 0 saturated carbocycles. The molecule has 110 valence electrons. The molecule has 0 bridgehead atoms. The zero-order chi connectivity index (χ0) is 15.7. The smallest absolute Gasteiger partial charge is 0.340 e. The van der Waals surface area contributed by atoms with Crippen molar-refractivity contribution in [2.24, 2.45) is 0 Å². The highest BCUT2D eigenvalue weighted by Crippen LogP contribution is 2.30. The van der Waals surface area contributed by atoms with Crippen LogP contribution in [0.15, 0.2) is 18.2 Å². The molecule has 21 heavy (non-hydrogen) atoms. The van der Waals surface area contributed by atoms with Gasteiger partial charge in [0.15, 0.2) is 0 Å². The fourth-order valence-corrected chi connectivity index (χ4v) is 2.77. The van der Waals surface area contributed by atoms with E-state index in [1.165, 1.54) is 18.0 Å². The van der Waals surface area contributed by atoms with Crippen LogP contribution in [0.25, 0.3) is 0 Å². The van der Waals surface area contributed by atoms with E-state index in [-0.39, 0.29) is 21.9 Å². The fraction of sp³-hybridized carbons (Fsp3) is 0.214. The van der Waals surface area contributed by atoms with Gasteiger partial charge in [0.1, 0.15) is 16.3 Å². The van der Waals surface area contributed by atoms with Crippen molar-refractivity contribution in [3.05, 3.63) is 40.6 Å². The number of aromatic nitrogens is 1. The molecule has 1 aromatic carbocycles. The molecule has 0 unspecified atom stereocenters. The van der Waals surface area contributed by atoms with Crippen LogP contribution in [0, 0.1) is 13.8 Å². The summed E-state index contributed by atoms with van der Waals surface area (Å²) in [5.41, 5.74) is 1.31. The lowest BCUT2D eigenvalue weighted by molar-refractivity contribution is 0.0697. The van der Waals surface area contributed by atoms with E-state index in [1.54, 1.807) is 26.0 Å². The lowest BCUT2D eigenvalue weighted by Gasteiger charge is -2.17. The summed E-state index contributed by atoms with van der Waals surface area (Å²) in [6.07, 6.45) is 0. The van der Waals surface area contributed by atoms with Crippen LogP contribution in [0.3, 0.4) is 0 Å². The summed E-state index contributed by atoms with van der Waals surface area (Å²) >= 11 is 0.938.